The summed E-state index contributed by atoms with van der Waals surface area (Å²) in [6.07, 6.45) is 13.4. The lowest BCUT2D eigenvalue weighted by atomic mass is 9.35. The minimum Gasteiger partial charge on any atom is -0.468 e. The van der Waals surface area contributed by atoms with Crippen LogP contribution in [-0.4, -0.2) is 6.71 Å². The van der Waals surface area contributed by atoms with E-state index in [4.69, 9.17) is 4.42 Å². The topological polar surface area (TPSA) is 19.6 Å². The standard InChI is InChI=1S/C69H85BN2O/c1-61(2,3)41-33-55-58-56(34-41)72(43-20-22-46-48(36-43)65(10,11)28-26-63(46,6)7)59-44-37-51-52(69(17)24-18-23-68(51,16)31-32-69)40-57(44)73-60(59)70(58)53-38-49-50(67(14,15)30-29-66(49,12)13)39-54(53)71(55)42-19-21-45-47(35-42)64(8,9)27-25-62(45,4)5/h19-22,33-40H,18,23-32H2,1-17H3. The van der Waals surface area contributed by atoms with Crippen LogP contribution in [0.2, 0.25) is 0 Å². The van der Waals surface area contributed by atoms with Crippen LogP contribution in [-0.2, 0) is 48.7 Å². The summed E-state index contributed by atoms with van der Waals surface area (Å²) in [4.78, 5) is 5.46. The molecule has 0 spiro atoms. The normalized spacial score (nSPS) is 26.0. The van der Waals surface area contributed by atoms with Gasteiger partial charge in [-0.2, -0.15) is 0 Å². The smallest absolute Gasteiger partial charge is 0.297 e. The van der Waals surface area contributed by atoms with E-state index in [1.165, 1.54) is 160 Å². The Kier molecular flexibility index (Phi) is 9.60. The van der Waals surface area contributed by atoms with Gasteiger partial charge in [-0.1, -0.05) is 142 Å². The van der Waals surface area contributed by atoms with Crippen LogP contribution in [0.25, 0.3) is 11.0 Å². The third kappa shape index (κ3) is 6.68. The molecule has 6 aliphatic carbocycles. The van der Waals surface area contributed by atoms with Crippen molar-refractivity contribution in [2.24, 2.45) is 0 Å². The number of nitrogens with zero attached hydrogens (tertiary/aromatic N) is 2. The molecule has 2 unspecified atom stereocenters. The molecule has 5 aromatic carbocycles. The van der Waals surface area contributed by atoms with Gasteiger partial charge in [0, 0.05) is 33.8 Å². The minimum atomic E-state index is -0.121. The minimum absolute atomic E-state index is 0.0359. The highest BCUT2D eigenvalue weighted by atomic mass is 16.3. The summed E-state index contributed by atoms with van der Waals surface area (Å²) in [5, 5.41) is 1.28. The highest BCUT2D eigenvalue weighted by molar-refractivity contribution is 7.00. The molecule has 380 valence electrons. The van der Waals surface area contributed by atoms with E-state index in [1.807, 2.05) is 0 Å². The zero-order chi connectivity index (χ0) is 51.7. The second-order valence-corrected chi connectivity index (χ2v) is 30.7. The maximum Gasteiger partial charge on any atom is 0.297 e. The van der Waals surface area contributed by atoms with Crippen molar-refractivity contribution in [3.63, 3.8) is 0 Å². The van der Waals surface area contributed by atoms with Gasteiger partial charge in [0.05, 0.1) is 11.3 Å². The van der Waals surface area contributed by atoms with Gasteiger partial charge < -0.3 is 14.2 Å². The van der Waals surface area contributed by atoms with E-state index in [2.05, 4.69) is 200 Å². The van der Waals surface area contributed by atoms with Gasteiger partial charge >= 0.3 is 0 Å². The predicted molar refractivity (Wildman–Crippen MR) is 313 cm³/mol. The van der Waals surface area contributed by atoms with E-state index in [0.717, 1.165) is 11.2 Å². The fraction of sp³-hybridized carbons (Fsp3) is 0.536. The van der Waals surface area contributed by atoms with Crippen LogP contribution in [0.3, 0.4) is 0 Å². The van der Waals surface area contributed by atoms with Crippen molar-refractivity contribution in [3.05, 3.63) is 123 Å². The Labute approximate surface area is 440 Å². The Balaban J connectivity index is 1.18. The van der Waals surface area contributed by atoms with E-state index < -0.39 is 0 Å². The molecule has 3 heterocycles. The molecule has 1 fully saturated rings. The lowest BCUT2D eigenvalue weighted by molar-refractivity contribution is 0.332. The molecule has 8 aliphatic rings. The van der Waals surface area contributed by atoms with Crippen molar-refractivity contribution >= 4 is 68.4 Å². The van der Waals surface area contributed by atoms with Gasteiger partial charge in [-0.15, -0.1) is 0 Å². The SMILES string of the molecule is CC(C)(C)c1cc2c3c(c1)N(c1ccc4c(c1)C(C)(C)CCC4(C)C)c1c(oc4cc5c(cc14)C1(C)CCCC5(C)CC1)B3c1cc3c(cc1N2c1ccc2c(c1)C(C)(C)CCC2(C)C)C(C)(C)CCC3(C)C. The lowest BCUT2D eigenvalue weighted by Crippen LogP contribution is -2.61. The zero-order valence-corrected chi connectivity index (χ0v) is 48.1. The van der Waals surface area contributed by atoms with Crippen molar-refractivity contribution in [2.75, 3.05) is 9.80 Å². The highest BCUT2D eigenvalue weighted by Gasteiger charge is 2.52. The Morgan fingerprint density at radius 3 is 1.37 bits per heavy atom. The second kappa shape index (κ2) is 14.6. The van der Waals surface area contributed by atoms with Crippen molar-refractivity contribution in [2.45, 2.75) is 237 Å². The van der Waals surface area contributed by atoms with Crippen LogP contribution in [0.15, 0.2) is 77.2 Å². The largest absolute Gasteiger partial charge is 0.468 e. The fourth-order valence-electron chi connectivity index (χ4n) is 16.2. The van der Waals surface area contributed by atoms with Crippen LogP contribution in [0.1, 0.15) is 238 Å². The predicted octanol–water partition coefficient (Wildman–Crippen LogP) is 17.4. The number of fused-ring (bicyclic) bond motifs is 12. The number of hydrogen-bond acceptors (Lipinski definition) is 3. The first-order valence-corrected chi connectivity index (χ1v) is 28.8. The Morgan fingerprint density at radius 2 is 0.863 bits per heavy atom. The van der Waals surface area contributed by atoms with Gasteiger partial charge in [0.15, 0.2) is 0 Å². The molecular weight excluding hydrogens is 884 g/mol. The van der Waals surface area contributed by atoms with Crippen molar-refractivity contribution in [1.82, 2.24) is 0 Å². The molecule has 2 aliphatic heterocycles. The summed E-state index contributed by atoms with van der Waals surface area (Å²) in [6, 6.07) is 31.0. The van der Waals surface area contributed by atoms with Crippen molar-refractivity contribution in [1.29, 1.82) is 0 Å². The van der Waals surface area contributed by atoms with Crippen molar-refractivity contribution < 1.29 is 4.42 Å². The molecule has 6 aromatic rings. The van der Waals surface area contributed by atoms with Gasteiger partial charge in [-0.3, -0.25) is 0 Å². The summed E-state index contributed by atoms with van der Waals surface area (Å²) in [7, 11) is 0. The van der Waals surface area contributed by atoms with Gasteiger partial charge in [0.2, 0.25) is 0 Å². The maximum atomic E-state index is 7.87. The molecule has 73 heavy (non-hydrogen) atoms. The van der Waals surface area contributed by atoms with E-state index in [1.54, 1.807) is 11.1 Å². The average Bonchev–Trinajstić information content (AvgIpc) is 3.55. The maximum absolute atomic E-state index is 7.87. The lowest BCUT2D eigenvalue weighted by Gasteiger charge is -2.47. The molecule has 4 heteroatoms. The van der Waals surface area contributed by atoms with Crippen molar-refractivity contribution in [3.8, 4) is 0 Å². The molecule has 0 saturated heterocycles. The summed E-state index contributed by atoms with van der Waals surface area (Å²) >= 11 is 0. The van der Waals surface area contributed by atoms with Crippen LogP contribution < -0.4 is 26.4 Å². The number of hydrogen-bond donors (Lipinski definition) is 0. The van der Waals surface area contributed by atoms with Gasteiger partial charge in [-0.05, 0) is 229 Å². The summed E-state index contributed by atoms with van der Waals surface area (Å²) in [5.74, 6) is 0. The molecule has 1 aromatic heterocycles. The van der Waals surface area contributed by atoms with Crippen LogP contribution in [0.4, 0.5) is 34.1 Å². The molecule has 3 nitrogen and oxygen atoms in total. The molecular formula is C69H85BN2O. The molecule has 0 N–H and O–H groups in total. The third-order valence-electron chi connectivity index (χ3n) is 21.8. The second-order valence-electron chi connectivity index (χ2n) is 30.7. The van der Waals surface area contributed by atoms with E-state index in [0.29, 0.717) is 0 Å². The Bertz CT molecular complexity index is 3380. The first kappa shape index (κ1) is 48.0. The van der Waals surface area contributed by atoms with E-state index in [9.17, 15) is 0 Å². The molecule has 0 amide bonds. The monoisotopic (exact) mass is 969 g/mol. The number of furan rings is 1. The molecule has 14 rings (SSSR count). The van der Waals surface area contributed by atoms with Crippen LogP contribution in [0, 0.1) is 0 Å². The fourth-order valence-corrected chi connectivity index (χ4v) is 16.2. The Morgan fingerprint density at radius 1 is 0.425 bits per heavy atom. The van der Waals surface area contributed by atoms with Crippen LogP contribution in [0.5, 0.6) is 0 Å². The summed E-state index contributed by atoms with van der Waals surface area (Å²) in [6.45, 7) is 42.1. The van der Waals surface area contributed by atoms with E-state index >= 15 is 0 Å². The molecule has 2 bridgehead atoms. The summed E-state index contributed by atoms with van der Waals surface area (Å²) < 4.78 is 7.87. The number of benzene rings is 5. The summed E-state index contributed by atoms with van der Waals surface area (Å²) in [5.41, 5.74) is 26.7. The van der Waals surface area contributed by atoms with Gasteiger partial charge in [-0.25, -0.2) is 0 Å². The van der Waals surface area contributed by atoms with Gasteiger partial charge in [0.25, 0.3) is 6.71 Å². The molecule has 0 radical (unpaired) electrons. The average molecular weight is 969 g/mol. The van der Waals surface area contributed by atoms with E-state index in [-0.39, 0.29) is 55.4 Å². The number of anilines is 6. The van der Waals surface area contributed by atoms with Gasteiger partial charge in [0.1, 0.15) is 5.58 Å². The Hall–Kier alpha value is -4.70. The molecule has 1 saturated carbocycles. The first-order chi connectivity index (χ1) is 33.9. The molecule has 2 atom stereocenters. The third-order valence-corrected chi connectivity index (χ3v) is 21.8. The first-order valence-electron chi connectivity index (χ1n) is 28.8. The van der Waals surface area contributed by atoms with Crippen LogP contribution >= 0.6 is 0 Å². The number of rotatable bonds is 2. The zero-order valence-electron chi connectivity index (χ0n) is 48.1. The highest BCUT2D eigenvalue weighted by Crippen LogP contribution is 2.58. The quantitative estimate of drug-likeness (QED) is 0.161.